The van der Waals surface area contributed by atoms with Crippen molar-refractivity contribution < 1.29 is 9.18 Å². The fourth-order valence-corrected chi connectivity index (χ4v) is 4.29. The summed E-state index contributed by atoms with van der Waals surface area (Å²) in [5.41, 5.74) is 1.60. The number of carbonyl (C=O) groups is 1. The minimum atomic E-state index is -0.181. The molecule has 36 heavy (non-hydrogen) atoms. The van der Waals surface area contributed by atoms with Crippen molar-refractivity contribution in [3.63, 3.8) is 0 Å². The molecular weight excluding hydrogens is 496 g/mol. The summed E-state index contributed by atoms with van der Waals surface area (Å²) in [6.07, 6.45) is 3.10. The van der Waals surface area contributed by atoms with E-state index < -0.39 is 0 Å². The first kappa shape index (κ1) is 29.6. The van der Waals surface area contributed by atoms with Crippen LogP contribution in [0.2, 0.25) is 10.0 Å². The molecule has 0 radical (unpaired) electrons. The second-order valence-electron chi connectivity index (χ2n) is 9.31. The van der Waals surface area contributed by atoms with Crippen LogP contribution in [0.25, 0.3) is 0 Å². The van der Waals surface area contributed by atoms with Gasteiger partial charge in [-0.2, -0.15) is 0 Å². The maximum atomic E-state index is 13.8. The van der Waals surface area contributed by atoms with Crippen LogP contribution in [0.4, 0.5) is 10.2 Å². The van der Waals surface area contributed by atoms with Gasteiger partial charge in [0.25, 0.3) is 0 Å². The van der Waals surface area contributed by atoms with E-state index in [1.165, 1.54) is 6.07 Å². The molecule has 2 N–H and O–H groups in total. The highest BCUT2D eigenvalue weighted by atomic mass is 35.5. The number of carbonyl (C=O) groups excluding carboxylic acids is 1. The lowest BCUT2D eigenvalue weighted by atomic mass is 9.95. The first-order valence-electron chi connectivity index (χ1n) is 12.3. The lowest BCUT2D eigenvalue weighted by molar-refractivity contribution is -0.122. The summed E-state index contributed by atoms with van der Waals surface area (Å²) in [5, 5.41) is 7.51. The Hall–Kier alpha value is -2.63. The zero-order valence-corrected chi connectivity index (χ0v) is 23.1. The molecule has 3 aromatic rings. The highest BCUT2D eigenvalue weighted by Gasteiger charge is 2.21. The fraction of sp³-hybridized carbons (Fsp3) is 0.379. The maximum absolute atomic E-state index is 13.8. The number of halogens is 3. The Morgan fingerprint density at radius 2 is 1.58 bits per heavy atom. The predicted octanol–water partition coefficient (Wildman–Crippen LogP) is 8.64. The van der Waals surface area contributed by atoms with E-state index in [9.17, 15) is 9.18 Å². The van der Waals surface area contributed by atoms with Crippen LogP contribution in [0, 0.1) is 17.7 Å². The van der Waals surface area contributed by atoms with Gasteiger partial charge in [0.1, 0.15) is 11.6 Å². The van der Waals surface area contributed by atoms with Crippen molar-refractivity contribution in [1.82, 2.24) is 10.3 Å². The number of aromatic nitrogens is 1. The van der Waals surface area contributed by atoms with E-state index in [1.54, 1.807) is 24.4 Å². The van der Waals surface area contributed by atoms with E-state index in [2.05, 4.69) is 43.3 Å². The molecule has 0 fully saturated rings. The van der Waals surface area contributed by atoms with E-state index in [1.807, 2.05) is 43.3 Å². The van der Waals surface area contributed by atoms with E-state index in [4.69, 9.17) is 23.2 Å². The summed E-state index contributed by atoms with van der Waals surface area (Å²) >= 11 is 12.1. The van der Waals surface area contributed by atoms with Gasteiger partial charge in [-0.15, -0.1) is 0 Å². The smallest absolute Gasteiger partial charge is 0.220 e. The van der Waals surface area contributed by atoms with Crippen LogP contribution in [-0.2, 0) is 4.79 Å². The number of rotatable bonds is 9. The molecule has 3 rings (SSSR count). The zero-order chi connectivity index (χ0) is 26.7. The zero-order valence-electron chi connectivity index (χ0n) is 21.6. The lowest BCUT2D eigenvalue weighted by Gasteiger charge is -2.24. The first-order valence-corrected chi connectivity index (χ1v) is 13.1. The second-order valence-corrected chi connectivity index (χ2v) is 10.2. The first-order chi connectivity index (χ1) is 17.1. The largest absolute Gasteiger partial charge is 0.363 e. The summed E-state index contributed by atoms with van der Waals surface area (Å²) < 4.78 is 13.8. The molecule has 1 aromatic heterocycles. The van der Waals surface area contributed by atoms with Gasteiger partial charge in [0.05, 0.1) is 12.1 Å². The summed E-state index contributed by atoms with van der Waals surface area (Å²) in [4.78, 5) is 16.0. The van der Waals surface area contributed by atoms with Crippen LogP contribution in [0.1, 0.15) is 70.7 Å². The molecule has 194 valence electrons. The number of hydrogen-bond donors (Lipinski definition) is 2. The summed E-state index contributed by atoms with van der Waals surface area (Å²) in [5.74, 6) is 1.18. The van der Waals surface area contributed by atoms with Gasteiger partial charge < -0.3 is 10.6 Å². The van der Waals surface area contributed by atoms with Gasteiger partial charge in [-0.05, 0) is 54.2 Å². The third kappa shape index (κ3) is 9.11. The van der Waals surface area contributed by atoms with Crippen LogP contribution in [0.3, 0.4) is 0 Å². The Labute approximate surface area is 224 Å². The van der Waals surface area contributed by atoms with Crippen molar-refractivity contribution in [3.8, 4) is 0 Å². The highest BCUT2D eigenvalue weighted by Crippen LogP contribution is 2.31. The number of hydrogen-bond acceptors (Lipinski definition) is 3. The van der Waals surface area contributed by atoms with Gasteiger partial charge >= 0.3 is 0 Å². The molecule has 0 saturated carbocycles. The van der Waals surface area contributed by atoms with E-state index in [0.29, 0.717) is 22.0 Å². The molecule has 2 unspecified atom stereocenters. The number of benzene rings is 2. The Kier molecular flexibility index (Phi) is 12.2. The van der Waals surface area contributed by atoms with Crippen molar-refractivity contribution in [1.29, 1.82) is 0 Å². The van der Waals surface area contributed by atoms with Gasteiger partial charge in [-0.3, -0.25) is 4.79 Å². The molecule has 2 aromatic carbocycles. The van der Waals surface area contributed by atoms with Crippen LogP contribution < -0.4 is 10.6 Å². The van der Waals surface area contributed by atoms with Crippen molar-refractivity contribution >= 4 is 34.9 Å². The molecule has 0 aliphatic heterocycles. The van der Waals surface area contributed by atoms with Crippen LogP contribution in [0.15, 0.2) is 66.9 Å². The Balaban J connectivity index is 0.000000254. The third-order valence-electron chi connectivity index (χ3n) is 5.63. The number of anilines is 1. The molecule has 1 amide bonds. The highest BCUT2D eigenvalue weighted by molar-refractivity contribution is 6.35. The second kappa shape index (κ2) is 14.8. The average Bonchev–Trinajstić information content (AvgIpc) is 2.83. The molecule has 7 heteroatoms. The van der Waals surface area contributed by atoms with Crippen molar-refractivity contribution in [3.05, 3.63) is 93.8 Å². The normalized spacial score (nSPS) is 12.5. The lowest BCUT2D eigenvalue weighted by Crippen LogP contribution is -2.31. The van der Waals surface area contributed by atoms with E-state index in [0.717, 1.165) is 17.8 Å². The molecule has 0 aliphatic carbocycles. The fourth-order valence-electron chi connectivity index (χ4n) is 3.77. The number of amides is 1. The quantitative estimate of drug-likeness (QED) is 0.290. The average molecular weight is 533 g/mol. The Morgan fingerprint density at radius 1 is 0.917 bits per heavy atom. The van der Waals surface area contributed by atoms with Crippen LogP contribution in [0.5, 0.6) is 0 Å². The number of nitrogens with zero attached hydrogens (tertiary/aromatic N) is 1. The number of pyridine rings is 1. The monoisotopic (exact) mass is 531 g/mol. The third-order valence-corrected chi connectivity index (χ3v) is 6.20. The van der Waals surface area contributed by atoms with Gasteiger partial charge in [0, 0.05) is 28.2 Å². The molecule has 1 heterocycles. The van der Waals surface area contributed by atoms with Gasteiger partial charge in [-0.1, -0.05) is 88.2 Å². The predicted molar refractivity (Wildman–Crippen MR) is 149 cm³/mol. The van der Waals surface area contributed by atoms with Crippen molar-refractivity contribution in [2.75, 3.05) is 5.32 Å². The minimum Gasteiger partial charge on any atom is -0.363 e. The summed E-state index contributed by atoms with van der Waals surface area (Å²) in [6, 6.07) is 17.7. The molecule has 4 nitrogen and oxygen atoms in total. The standard InChI is InChI=1S/C15H17FN2.C14H19Cl2NO/c1-11(2)15(12-7-3-4-8-13(12)16)18-14-9-5-6-10-17-14;1-4-5-13(18)17-14(9(2)3)11-7-6-10(15)8-12(11)16/h3-11,15H,1-2H3,(H,17,18);6-9,14H,4-5H2,1-3H3,(H,17,18). The number of nitrogens with one attached hydrogen (secondary N) is 2. The van der Waals surface area contributed by atoms with Gasteiger partial charge in [-0.25, -0.2) is 9.37 Å². The SMILES string of the molecule is CC(C)C(Nc1ccccn1)c1ccccc1F.CCCC(=O)NC(c1ccc(Cl)cc1Cl)C(C)C. The molecule has 0 spiro atoms. The minimum absolute atomic E-state index is 0.0576. The van der Waals surface area contributed by atoms with E-state index >= 15 is 0 Å². The Bertz CT molecular complexity index is 1090. The van der Waals surface area contributed by atoms with Crippen molar-refractivity contribution in [2.24, 2.45) is 11.8 Å². The molecule has 0 bridgehead atoms. The maximum Gasteiger partial charge on any atom is 0.220 e. The molecular formula is C29H36Cl2FN3O. The van der Waals surface area contributed by atoms with Gasteiger partial charge in [0.15, 0.2) is 0 Å². The molecule has 0 aliphatic rings. The Morgan fingerprint density at radius 3 is 2.14 bits per heavy atom. The van der Waals surface area contributed by atoms with E-state index in [-0.39, 0.29) is 35.6 Å². The van der Waals surface area contributed by atoms with Gasteiger partial charge in [0.2, 0.25) is 5.91 Å². The van der Waals surface area contributed by atoms with Crippen molar-refractivity contribution in [2.45, 2.75) is 59.5 Å². The van der Waals surface area contributed by atoms with Crippen LogP contribution in [-0.4, -0.2) is 10.9 Å². The molecule has 2 atom stereocenters. The summed E-state index contributed by atoms with van der Waals surface area (Å²) in [7, 11) is 0. The molecule has 0 saturated heterocycles. The topological polar surface area (TPSA) is 54.0 Å². The van der Waals surface area contributed by atoms with Crippen LogP contribution >= 0.6 is 23.2 Å². The summed E-state index contributed by atoms with van der Waals surface area (Å²) in [6.45, 7) is 10.2.